The standard InChI is InChI=1S/C16H28O5Si/c1-6-19-22(20-7-2,21-8-3)10-9-14-11-15(17-4)13-16(12-14)18-5/h11-13H,6-10H2,1-5H3. The van der Waals surface area contributed by atoms with Crippen molar-refractivity contribution >= 4 is 8.80 Å². The quantitative estimate of drug-likeness (QED) is 0.583. The molecule has 0 unspecified atom stereocenters. The summed E-state index contributed by atoms with van der Waals surface area (Å²) < 4.78 is 28.3. The van der Waals surface area contributed by atoms with Gasteiger partial charge in [-0.3, -0.25) is 0 Å². The Morgan fingerprint density at radius 3 is 1.59 bits per heavy atom. The molecule has 0 aliphatic rings. The van der Waals surface area contributed by atoms with E-state index in [1.165, 1.54) is 0 Å². The highest BCUT2D eigenvalue weighted by atomic mass is 28.4. The lowest BCUT2D eigenvalue weighted by molar-refractivity contribution is 0.0714. The fourth-order valence-electron chi connectivity index (χ4n) is 2.31. The van der Waals surface area contributed by atoms with E-state index in [1.54, 1.807) is 14.2 Å². The van der Waals surface area contributed by atoms with Crippen molar-refractivity contribution in [3.8, 4) is 11.5 Å². The van der Waals surface area contributed by atoms with Crippen LogP contribution in [0.15, 0.2) is 18.2 Å². The third kappa shape index (κ3) is 5.60. The molecule has 0 radical (unpaired) electrons. The Bertz CT molecular complexity index is 399. The van der Waals surface area contributed by atoms with Crippen LogP contribution in [0.3, 0.4) is 0 Å². The second kappa shape index (κ2) is 9.84. The van der Waals surface area contributed by atoms with Gasteiger partial charge >= 0.3 is 8.80 Å². The summed E-state index contributed by atoms with van der Waals surface area (Å²) in [6, 6.07) is 6.61. The highest BCUT2D eigenvalue weighted by Gasteiger charge is 2.39. The van der Waals surface area contributed by atoms with E-state index in [-0.39, 0.29) is 0 Å². The molecule has 0 atom stereocenters. The van der Waals surface area contributed by atoms with Crippen molar-refractivity contribution in [1.82, 2.24) is 0 Å². The van der Waals surface area contributed by atoms with E-state index in [9.17, 15) is 0 Å². The molecule has 0 aliphatic heterocycles. The normalized spacial score (nSPS) is 11.5. The SMILES string of the molecule is CCO[Si](CCc1cc(OC)cc(OC)c1)(OCC)OCC. The summed E-state index contributed by atoms with van der Waals surface area (Å²) >= 11 is 0. The molecule has 0 N–H and O–H groups in total. The van der Waals surface area contributed by atoms with E-state index in [0.29, 0.717) is 19.8 Å². The van der Waals surface area contributed by atoms with Gasteiger partial charge in [0.1, 0.15) is 11.5 Å². The van der Waals surface area contributed by atoms with E-state index >= 15 is 0 Å². The number of ether oxygens (including phenoxy) is 2. The summed E-state index contributed by atoms with van der Waals surface area (Å²) in [5.74, 6) is 1.57. The van der Waals surface area contributed by atoms with E-state index in [0.717, 1.165) is 29.5 Å². The Hall–Kier alpha value is -1.08. The fourth-order valence-corrected chi connectivity index (χ4v) is 4.91. The predicted octanol–water partition coefficient (Wildman–Crippen LogP) is 3.29. The number of aryl methyl sites for hydroxylation is 1. The van der Waals surface area contributed by atoms with Crippen LogP contribution in [0.2, 0.25) is 6.04 Å². The van der Waals surface area contributed by atoms with Crippen molar-refractivity contribution in [1.29, 1.82) is 0 Å². The lowest BCUT2D eigenvalue weighted by Gasteiger charge is -2.28. The maximum absolute atomic E-state index is 5.88. The largest absolute Gasteiger partial charge is 0.501 e. The summed E-state index contributed by atoms with van der Waals surface area (Å²) in [6.45, 7) is 7.67. The Morgan fingerprint density at radius 1 is 0.773 bits per heavy atom. The molecular weight excluding hydrogens is 300 g/mol. The first kappa shape index (κ1) is 19.0. The topological polar surface area (TPSA) is 46.2 Å². The Morgan fingerprint density at radius 2 is 1.23 bits per heavy atom. The van der Waals surface area contributed by atoms with Gasteiger partial charge in [-0.15, -0.1) is 0 Å². The van der Waals surface area contributed by atoms with Crippen LogP contribution < -0.4 is 9.47 Å². The molecule has 0 aromatic heterocycles. The monoisotopic (exact) mass is 328 g/mol. The molecule has 126 valence electrons. The molecule has 0 heterocycles. The minimum absolute atomic E-state index is 0.591. The van der Waals surface area contributed by atoms with Crippen LogP contribution in [0.5, 0.6) is 11.5 Å². The predicted molar refractivity (Wildman–Crippen MR) is 88.7 cm³/mol. The van der Waals surface area contributed by atoms with Crippen LogP contribution in [0.4, 0.5) is 0 Å². The molecule has 6 heteroatoms. The van der Waals surface area contributed by atoms with Crippen molar-refractivity contribution in [2.45, 2.75) is 33.2 Å². The maximum Gasteiger partial charge on any atom is 0.501 e. The van der Waals surface area contributed by atoms with Crippen molar-refractivity contribution in [2.24, 2.45) is 0 Å². The van der Waals surface area contributed by atoms with E-state index in [4.69, 9.17) is 22.8 Å². The zero-order valence-corrected chi connectivity index (χ0v) is 15.3. The molecule has 0 saturated heterocycles. The molecule has 0 fully saturated rings. The van der Waals surface area contributed by atoms with Crippen LogP contribution in [-0.4, -0.2) is 42.8 Å². The molecule has 0 bridgehead atoms. The van der Waals surface area contributed by atoms with Gasteiger partial charge in [0.15, 0.2) is 0 Å². The van der Waals surface area contributed by atoms with Crippen molar-refractivity contribution in [2.75, 3.05) is 34.0 Å². The molecule has 0 spiro atoms. The summed E-state index contributed by atoms with van der Waals surface area (Å²) in [5.41, 5.74) is 1.12. The summed E-state index contributed by atoms with van der Waals surface area (Å²) in [5, 5.41) is 0. The third-order valence-corrected chi connectivity index (χ3v) is 6.27. The highest BCUT2D eigenvalue weighted by Crippen LogP contribution is 2.26. The van der Waals surface area contributed by atoms with E-state index in [1.807, 2.05) is 39.0 Å². The number of rotatable bonds is 11. The molecule has 1 rings (SSSR count). The average molecular weight is 328 g/mol. The Balaban J connectivity index is 2.86. The first-order chi connectivity index (χ1) is 10.6. The lowest BCUT2D eigenvalue weighted by atomic mass is 10.1. The van der Waals surface area contributed by atoms with Gasteiger partial charge in [0.2, 0.25) is 0 Å². The first-order valence-electron chi connectivity index (χ1n) is 7.76. The van der Waals surface area contributed by atoms with Gasteiger partial charge in [-0.05, 0) is 44.9 Å². The molecule has 1 aromatic carbocycles. The van der Waals surface area contributed by atoms with Gasteiger partial charge in [0.25, 0.3) is 0 Å². The van der Waals surface area contributed by atoms with Crippen molar-refractivity contribution in [3.05, 3.63) is 23.8 Å². The molecule has 1 aromatic rings. The van der Waals surface area contributed by atoms with Gasteiger partial charge in [-0.25, -0.2) is 0 Å². The second-order valence-electron chi connectivity index (χ2n) is 4.70. The van der Waals surface area contributed by atoms with Crippen LogP contribution in [0, 0.1) is 0 Å². The summed E-state index contributed by atoms with van der Waals surface area (Å²) in [7, 11) is 0.687. The Kier molecular flexibility index (Phi) is 8.48. The molecule has 5 nitrogen and oxygen atoms in total. The lowest BCUT2D eigenvalue weighted by Crippen LogP contribution is -2.46. The molecule has 0 aliphatic carbocycles. The van der Waals surface area contributed by atoms with Gasteiger partial charge in [0, 0.05) is 31.9 Å². The maximum atomic E-state index is 5.88. The van der Waals surface area contributed by atoms with Crippen LogP contribution in [-0.2, 0) is 19.7 Å². The highest BCUT2D eigenvalue weighted by molar-refractivity contribution is 6.60. The van der Waals surface area contributed by atoms with Gasteiger partial charge in [-0.1, -0.05) is 0 Å². The minimum Gasteiger partial charge on any atom is -0.497 e. The smallest absolute Gasteiger partial charge is 0.497 e. The number of hydrogen-bond donors (Lipinski definition) is 0. The van der Waals surface area contributed by atoms with Gasteiger partial charge in [-0.2, -0.15) is 0 Å². The van der Waals surface area contributed by atoms with Crippen LogP contribution in [0.25, 0.3) is 0 Å². The third-order valence-electron chi connectivity index (χ3n) is 3.22. The van der Waals surface area contributed by atoms with Gasteiger partial charge in [0.05, 0.1) is 14.2 Å². The average Bonchev–Trinajstić information content (AvgIpc) is 2.53. The van der Waals surface area contributed by atoms with E-state index < -0.39 is 8.80 Å². The zero-order chi connectivity index (χ0) is 16.4. The van der Waals surface area contributed by atoms with Crippen LogP contribution >= 0.6 is 0 Å². The number of methoxy groups -OCH3 is 2. The van der Waals surface area contributed by atoms with Crippen LogP contribution in [0.1, 0.15) is 26.3 Å². The Labute approximate surface area is 134 Å². The van der Waals surface area contributed by atoms with Crippen molar-refractivity contribution in [3.63, 3.8) is 0 Å². The van der Waals surface area contributed by atoms with Crippen molar-refractivity contribution < 1.29 is 22.8 Å². The number of hydrogen-bond acceptors (Lipinski definition) is 5. The molecule has 22 heavy (non-hydrogen) atoms. The van der Waals surface area contributed by atoms with Gasteiger partial charge < -0.3 is 22.8 Å². The minimum atomic E-state index is -2.62. The summed E-state index contributed by atoms with van der Waals surface area (Å²) in [4.78, 5) is 0. The summed E-state index contributed by atoms with van der Waals surface area (Å²) in [6.07, 6.45) is 0.791. The zero-order valence-electron chi connectivity index (χ0n) is 14.3. The van der Waals surface area contributed by atoms with E-state index in [2.05, 4.69) is 0 Å². The molecular formula is C16H28O5Si. The first-order valence-corrected chi connectivity index (χ1v) is 9.70. The molecule has 0 amide bonds. The fraction of sp³-hybridized carbons (Fsp3) is 0.625. The molecule has 0 saturated carbocycles. The second-order valence-corrected chi connectivity index (χ2v) is 7.44. The number of benzene rings is 1.